The molecule has 102 heavy (non-hydrogen) atoms. The Labute approximate surface area is 591 Å². The van der Waals surface area contributed by atoms with Gasteiger partial charge in [-0.15, -0.1) is 0 Å². The summed E-state index contributed by atoms with van der Waals surface area (Å²) in [5.74, 6) is -38.5. The second-order valence-corrected chi connectivity index (χ2v) is 32.6. The van der Waals surface area contributed by atoms with E-state index in [-0.39, 0.29) is 43.0 Å². The number of hydrogen-bond donors (Lipinski definition) is 0. The first-order valence-corrected chi connectivity index (χ1v) is 37.9. The van der Waals surface area contributed by atoms with Crippen molar-refractivity contribution >= 4 is 52.1 Å². The topological polar surface area (TPSA) is 172 Å². The van der Waals surface area contributed by atoms with E-state index in [0.717, 1.165) is 12.8 Å². The molecule has 0 spiro atoms. The molecule has 9 nitrogen and oxygen atoms in total. The molecule has 0 atom stereocenters. The van der Waals surface area contributed by atoms with Crippen LogP contribution in [0.15, 0.2) is 238 Å². The van der Waals surface area contributed by atoms with Gasteiger partial charge in [0.25, 0.3) is 0 Å². The maximum Gasteiger partial charge on any atom is 0.357 e. The van der Waals surface area contributed by atoms with Crippen LogP contribution < -0.4 is 21.2 Å². The summed E-state index contributed by atoms with van der Waals surface area (Å²) in [5.41, 5.74) is 10.8. The van der Waals surface area contributed by atoms with Crippen molar-refractivity contribution in [2.75, 3.05) is 0 Å². The van der Waals surface area contributed by atoms with Gasteiger partial charge >= 0.3 is 21.2 Å². The van der Waals surface area contributed by atoms with E-state index in [1.807, 2.05) is 0 Å². The summed E-state index contributed by atoms with van der Waals surface area (Å²) < 4.78 is 282. The van der Waals surface area contributed by atoms with Crippen LogP contribution in [-0.4, -0.2) is 38.9 Å². The van der Waals surface area contributed by atoms with Crippen LogP contribution in [0.1, 0.15) is 44.5 Å². The fourth-order valence-electron chi connectivity index (χ4n) is 9.71. The second kappa shape index (κ2) is 33.3. The minimum absolute atomic E-state index is 0.140. The molecule has 11 aromatic carbocycles. The van der Waals surface area contributed by atoms with Gasteiger partial charge in [-0.2, -0.15) is 0 Å². The molecular weight excluding hydrogens is 1580 g/mol. The van der Waals surface area contributed by atoms with Gasteiger partial charge in [-0.05, 0) is 136 Å². The molecule has 0 saturated carbocycles. The van der Waals surface area contributed by atoms with Crippen LogP contribution in [0.4, 0.5) is 65.9 Å². The van der Waals surface area contributed by atoms with Crippen molar-refractivity contribution < 1.29 is 126 Å². The summed E-state index contributed by atoms with van der Waals surface area (Å²) in [6, 6.07) is 72.8. The normalized spacial score (nSPS) is 11.6. The van der Waals surface area contributed by atoms with Crippen molar-refractivity contribution in [3.05, 3.63) is 333 Å². The first-order chi connectivity index (χ1) is 47.9. The highest BCUT2D eigenvalue weighted by Crippen LogP contribution is 2.38. The minimum Gasteiger partial charge on any atom is -0.744 e. The van der Waals surface area contributed by atoms with Gasteiger partial charge in [-0.3, -0.25) is 0 Å². The SMILES string of the molecule is Cc1ccccc1[S+](c1ccc(Cc2ccc([I+]c3ccc(Cc4ccc([S+](c5ccccc5C)c5ccccc5C)cc4)cc3)cc2)cc1)c1ccccc1C.O=S(=O)([O-])c1c(F)c(F)c(F)c(F)c1F.O=S(=O)([O-])c1c(F)c(F)c(F)c(F)c1F.O=S(=O)([O-])c1c(F)c(F)c(F)c(F)c1F. The predicted molar refractivity (Wildman–Crippen MR) is 340 cm³/mol. The standard InChI is InChI=1S/C54H48IS2.3C6HF5O3S/c1-39-13-5-9-17-51(39)56(52-18-10-6-14-40(52)2)49-33-25-45(26-34-49)37-43-21-29-47(30-22-43)55-48-31-23-44(24-32-48)38-46-27-35-50(36-28-46)57(53-19-11-7-15-41(53)3)54-20-12-8-16-42(54)4;3*7-1-2(8)4(10)6(15(12,13)14)5(11)3(1)9/h5-36H,37-38H2,1-4H3;3*(H,12,13,14)/q+3;;;/p-3. The molecule has 0 saturated heterocycles. The van der Waals surface area contributed by atoms with Crippen molar-refractivity contribution in [1.82, 2.24) is 0 Å². The van der Waals surface area contributed by atoms with Crippen LogP contribution in [-0.2, 0) is 65.0 Å². The predicted octanol–water partition coefficient (Wildman–Crippen LogP) is 14.3. The summed E-state index contributed by atoms with van der Waals surface area (Å²) in [5, 5.41) is 0. The number of rotatable bonds is 15. The van der Waals surface area contributed by atoms with Crippen molar-refractivity contribution in [2.24, 2.45) is 0 Å². The monoisotopic (exact) mass is 1630 g/mol. The molecule has 0 aliphatic carbocycles. The van der Waals surface area contributed by atoms with Gasteiger partial charge in [0, 0.05) is 22.3 Å². The van der Waals surface area contributed by atoms with Crippen LogP contribution in [0.25, 0.3) is 0 Å². The zero-order chi connectivity index (χ0) is 75.0. The summed E-state index contributed by atoms with van der Waals surface area (Å²) in [6.45, 7) is 8.94. The quantitative estimate of drug-likeness (QED) is 0.0242. The minimum atomic E-state index is -5.77. The van der Waals surface area contributed by atoms with E-state index in [9.17, 15) is 105 Å². The van der Waals surface area contributed by atoms with Crippen molar-refractivity contribution in [3.63, 3.8) is 0 Å². The third-order valence-electron chi connectivity index (χ3n) is 14.7. The first-order valence-electron chi connectivity index (χ1n) is 29.1. The largest absolute Gasteiger partial charge is 0.744 e. The van der Waals surface area contributed by atoms with E-state index in [2.05, 4.69) is 222 Å². The third kappa shape index (κ3) is 18.5. The van der Waals surface area contributed by atoms with E-state index in [4.69, 9.17) is 0 Å². The Balaban J connectivity index is 0.000000235. The molecular formula is C72H48F15IO9S5. The molecule has 0 bridgehead atoms. The molecule has 11 aromatic rings. The van der Waals surface area contributed by atoms with Gasteiger partial charge in [0.1, 0.15) is 45.0 Å². The number of aryl methyl sites for hydroxylation is 4. The number of benzene rings is 11. The van der Waals surface area contributed by atoms with Gasteiger partial charge in [0.2, 0.25) is 17.5 Å². The summed E-state index contributed by atoms with van der Waals surface area (Å²) in [6.07, 6.45) is 1.88. The van der Waals surface area contributed by atoms with Crippen molar-refractivity contribution in [1.29, 1.82) is 0 Å². The summed E-state index contributed by atoms with van der Waals surface area (Å²) in [4.78, 5) is 1.22. The van der Waals surface area contributed by atoms with Crippen LogP contribution in [0, 0.1) is 122 Å². The highest BCUT2D eigenvalue weighted by Gasteiger charge is 2.35. The fraction of sp³-hybridized carbons (Fsp3) is 0.0833. The smallest absolute Gasteiger partial charge is 0.357 e. The van der Waals surface area contributed by atoms with E-state index in [1.54, 1.807) is 0 Å². The maximum absolute atomic E-state index is 12.6. The van der Waals surface area contributed by atoms with Crippen LogP contribution in [0.2, 0.25) is 0 Å². The maximum atomic E-state index is 12.6. The van der Waals surface area contributed by atoms with Crippen molar-refractivity contribution in [3.8, 4) is 0 Å². The third-order valence-corrected chi connectivity index (χ3v) is 25.0. The molecule has 0 amide bonds. The molecule has 0 heterocycles. The van der Waals surface area contributed by atoms with E-state index in [0.29, 0.717) is 0 Å². The zero-order valence-electron chi connectivity index (χ0n) is 52.7. The second-order valence-electron chi connectivity index (χ2n) is 21.7. The Morgan fingerprint density at radius 3 is 0.627 bits per heavy atom. The summed E-state index contributed by atoms with van der Waals surface area (Å²) >= 11 is -0.242. The van der Waals surface area contributed by atoms with Crippen molar-refractivity contribution in [2.45, 2.75) is 84.6 Å². The molecule has 532 valence electrons. The zero-order valence-corrected chi connectivity index (χ0v) is 58.9. The van der Waals surface area contributed by atoms with E-state index in [1.165, 1.54) is 81.0 Å². The van der Waals surface area contributed by atoms with Gasteiger partial charge in [0.15, 0.2) is 106 Å². The Bertz CT molecular complexity index is 4710. The first kappa shape index (κ1) is 79.2. The molecule has 0 aliphatic rings. The lowest BCUT2D eigenvalue weighted by Crippen LogP contribution is -3.61. The van der Waals surface area contributed by atoms with Gasteiger partial charge < -0.3 is 13.7 Å². The lowest BCUT2D eigenvalue weighted by atomic mass is 10.1. The average Bonchev–Trinajstić information content (AvgIpc) is 0.771. The molecule has 11 rings (SSSR count). The Morgan fingerprint density at radius 1 is 0.265 bits per heavy atom. The Kier molecular flexibility index (Phi) is 25.9. The van der Waals surface area contributed by atoms with E-state index < -0.39 is 132 Å². The molecule has 0 aromatic heterocycles. The highest BCUT2D eigenvalue weighted by atomic mass is 127. The molecule has 30 heteroatoms. The molecule has 0 radical (unpaired) electrons. The Morgan fingerprint density at radius 2 is 0.441 bits per heavy atom. The van der Waals surface area contributed by atoms with Gasteiger partial charge in [-0.25, -0.2) is 91.1 Å². The van der Waals surface area contributed by atoms with Crippen LogP contribution >= 0.6 is 0 Å². The average molecular weight is 1630 g/mol. The van der Waals surface area contributed by atoms with Gasteiger partial charge in [0.05, 0.1) is 21.8 Å². The molecule has 0 unspecified atom stereocenters. The number of hydrogen-bond acceptors (Lipinski definition) is 9. The van der Waals surface area contributed by atoms with Crippen LogP contribution in [0.3, 0.4) is 0 Å². The lowest BCUT2D eigenvalue weighted by Gasteiger charge is -2.12. The molecule has 0 aliphatic heterocycles. The summed E-state index contributed by atoms with van der Waals surface area (Å²) in [7, 11) is -17.6. The highest BCUT2D eigenvalue weighted by molar-refractivity contribution is 7.97. The number of halogens is 16. The lowest BCUT2D eigenvalue weighted by molar-refractivity contribution is -0.597. The Hall–Kier alpha value is -8.47. The molecule has 0 N–H and O–H groups in total. The van der Waals surface area contributed by atoms with Crippen LogP contribution in [0.5, 0.6) is 0 Å². The molecule has 0 fully saturated rings. The van der Waals surface area contributed by atoms with E-state index >= 15 is 0 Å². The fourth-order valence-corrected chi connectivity index (χ4v) is 18.5. The van der Waals surface area contributed by atoms with Gasteiger partial charge in [-0.1, -0.05) is 121 Å².